The molecule has 3 aromatic rings. The third-order valence-corrected chi connectivity index (χ3v) is 7.90. The third kappa shape index (κ3) is 7.54. The highest BCUT2D eigenvalue weighted by Gasteiger charge is 2.27. The summed E-state index contributed by atoms with van der Waals surface area (Å²) in [6.45, 7) is 4.31. The molecule has 1 aliphatic heterocycles. The molecule has 208 valence electrons. The fraction of sp³-hybridized carbons (Fsp3) is 0.323. The Balaban J connectivity index is 1.56. The summed E-state index contributed by atoms with van der Waals surface area (Å²) in [7, 11) is 1.83. The number of rotatable bonds is 10. The van der Waals surface area contributed by atoms with Gasteiger partial charge in [0.15, 0.2) is 0 Å². The Kier molecular flexibility index (Phi) is 10.1. The summed E-state index contributed by atoms with van der Waals surface area (Å²) >= 11 is 12.3. The predicted octanol–water partition coefficient (Wildman–Crippen LogP) is 6.24. The second kappa shape index (κ2) is 13.7. The normalized spacial score (nSPS) is 13.9. The molecule has 1 heterocycles. The van der Waals surface area contributed by atoms with Crippen LogP contribution in [-0.2, 0) is 9.59 Å². The van der Waals surface area contributed by atoms with Crippen molar-refractivity contribution in [1.82, 2.24) is 9.80 Å². The van der Waals surface area contributed by atoms with Gasteiger partial charge in [-0.2, -0.15) is 5.26 Å². The number of benzene rings is 3. The van der Waals surface area contributed by atoms with Crippen molar-refractivity contribution in [1.29, 1.82) is 5.26 Å². The minimum atomic E-state index is -0.164. The van der Waals surface area contributed by atoms with E-state index in [9.17, 15) is 14.9 Å². The molecule has 40 heavy (non-hydrogen) atoms. The van der Waals surface area contributed by atoms with Gasteiger partial charge in [-0.3, -0.25) is 9.59 Å². The van der Waals surface area contributed by atoms with Crippen LogP contribution in [0.15, 0.2) is 66.7 Å². The Hall–Kier alpha value is -3.57. The lowest BCUT2D eigenvalue weighted by Crippen LogP contribution is -2.43. The van der Waals surface area contributed by atoms with E-state index in [4.69, 9.17) is 23.2 Å². The van der Waals surface area contributed by atoms with Gasteiger partial charge in [0.2, 0.25) is 11.8 Å². The highest BCUT2D eigenvalue weighted by molar-refractivity contribution is 6.42. The molecule has 3 aromatic carbocycles. The van der Waals surface area contributed by atoms with Crippen molar-refractivity contribution >= 4 is 46.4 Å². The molecule has 1 saturated heterocycles. The van der Waals surface area contributed by atoms with Gasteiger partial charge in [0, 0.05) is 31.9 Å². The first kappa shape index (κ1) is 29.4. The minimum Gasteiger partial charge on any atom is -0.349 e. The van der Waals surface area contributed by atoms with E-state index < -0.39 is 0 Å². The van der Waals surface area contributed by atoms with E-state index in [1.807, 2.05) is 31.3 Å². The molecule has 7 nitrogen and oxygen atoms in total. The summed E-state index contributed by atoms with van der Waals surface area (Å²) in [6, 6.07) is 23.1. The average molecular weight is 579 g/mol. The number of likely N-dealkylation sites (N-methyl/N-ethyl adjacent to an activating group) is 1. The van der Waals surface area contributed by atoms with Crippen LogP contribution in [0, 0.1) is 11.3 Å². The van der Waals surface area contributed by atoms with Crippen LogP contribution in [0.25, 0.3) is 11.1 Å². The van der Waals surface area contributed by atoms with Gasteiger partial charge in [-0.15, -0.1) is 0 Å². The fourth-order valence-electron chi connectivity index (χ4n) is 4.99. The van der Waals surface area contributed by atoms with Gasteiger partial charge in [0.05, 0.1) is 28.7 Å². The Bertz CT molecular complexity index is 1380. The van der Waals surface area contributed by atoms with Gasteiger partial charge >= 0.3 is 0 Å². The van der Waals surface area contributed by atoms with Crippen LogP contribution in [0.3, 0.4) is 0 Å². The van der Waals surface area contributed by atoms with Crippen molar-refractivity contribution < 1.29 is 9.59 Å². The third-order valence-electron chi connectivity index (χ3n) is 7.16. The predicted molar refractivity (Wildman–Crippen MR) is 162 cm³/mol. The smallest absolute Gasteiger partial charge is 0.242 e. The maximum absolute atomic E-state index is 13.6. The first-order chi connectivity index (χ1) is 19.2. The number of likely N-dealkylation sites (tertiary alicyclic amines) is 1. The molecule has 9 heteroatoms. The van der Waals surface area contributed by atoms with Gasteiger partial charge in [-0.25, -0.2) is 0 Å². The number of nitrogens with one attached hydrogen (secondary N) is 1. The standard InChI is InChI=1S/C31H33Cl2N5O2/c1-22(39)35-26-7-5-6-25(18-26)23-8-10-24(11-9-23)30(20-37-15-3-4-16-37)36(2)31(40)21-38(17-14-34)27-12-13-28(32)29(33)19-27/h5-13,18-19,30H,3-4,15-17,20-21H2,1-2H3,(H,35,39). The van der Waals surface area contributed by atoms with Gasteiger partial charge in [0.1, 0.15) is 6.54 Å². The summed E-state index contributed by atoms with van der Waals surface area (Å²) in [4.78, 5) is 31.0. The van der Waals surface area contributed by atoms with Crippen LogP contribution in [0.2, 0.25) is 10.0 Å². The van der Waals surface area contributed by atoms with Gasteiger partial charge < -0.3 is 20.0 Å². The molecule has 0 spiro atoms. The van der Waals surface area contributed by atoms with E-state index in [-0.39, 0.29) is 30.9 Å². The quantitative estimate of drug-likeness (QED) is 0.288. The number of carbonyl (C=O) groups excluding carboxylic acids is 2. The molecule has 2 amide bonds. The largest absolute Gasteiger partial charge is 0.349 e. The van der Waals surface area contributed by atoms with Crippen molar-refractivity contribution in [2.75, 3.05) is 50.0 Å². The van der Waals surface area contributed by atoms with Gasteiger partial charge in [-0.1, -0.05) is 59.6 Å². The molecular weight excluding hydrogens is 545 g/mol. The Morgan fingerprint density at radius 1 is 1.00 bits per heavy atom. The molecule has 1 atom stereocenters. The van der Waals surface area contributed by atoms with Crippen molar-refractivity contribution in [3.8, 4) is 17.2 Å². The van der Waals surface area contributed by atoms with Crippen molar-refractivity contribution in [2.45, 2.75) is 25.8 Å². The molecule has 1 N–H and O–H groups in total. The van der Waals surface area contributed by atoms with E-state index in [0.29, 0.717) is 15.7 Å². The molecule has 0 aromatic heterocycles. The van der Waals surface area contributed by atoms with Gasteiger partial charge in [-0.05, 0) is 73.0 Å². The zero-order valence-electron chi connectivity index (χ0n) is 22.7. The summed E-state index contributed by atoms with van der Waals surface area (Å²) in [5.41, 5.74) is 4.46. The Labute approximate surface area is 245 Å². The molecule has 0 radical (unpaired) electrons. The average Bonchev–Trinajstić information content (AvgIpc) is 3.46. The second-order valence-corrected chi connectivity index (χ2v) is 10.8. The van der Waals surface area contributed by atoms with Crippen molar-refractivity contribution in [2.24, 2.45) is 0 Å². The molecule has 0 aliphatic carbocycles. The summed E-state index contributed by atoms with van der Waals surface area (Å²) in [5, 5.41) is 13.0. The topological polar surface area (TPSA) is 79.7 Å². The van der Waals surface area contributed by atoms with Crippen LogP contribution in [-0.4, -0.2) is 61.4 Å². The van der Waals surface area contributed by atoms with Crippen LogP contribution < -0.4 is 10.2 Å². The van der Waals surface area contributed by atoms with Crippen molar-refractivity contribution in [3.63, 3.8) is 0 Å². The van der Waals surface area contributed by atoms with E-state index in [0.717, 1.165) is 54.9 Å². The molecule has 4 rings (SSSR count). The number of anilines is 2. The van der Waals surface area contributed by atoms with Crippen LogP contribution >= 0.6 is 23.2 Å². The lowest BCUT2D eigenvalue weighted by atomic mass is 9.99. The number of carbonyl (C=O) groups is 2. The lowest BCUT2D eigenvalue weighted by molar-refractivity contribution is -0.131. The summed E-state index contributed by atoms with van der Waals surface area (Å²) in [5.74, 6) is -0.213. The Morgan fingerprint density at radius 3 is 2.38 bits per heavy atom. The van der Waals surface area contributed by atoms with E-state index >= 15 is 0 Å². The van der Waals surface area contributed by atoms with Crippen LogP contribution in [0.4, 0.5) is 11.4 Å². The van der Waals surface area contributed by atoms with E-state index in [1.165, 1.54) is 6.92 Å². The van der Waals surface area contributed by atoms with Crippen molar-refractivity contribution in [3.05, 3.63) is 82.3 Å². The number of amides is 2. The zero-order chi connectivity index (χ0) is 28.6. The Morgan fingerprint density at radius 2 is 1.73 bits per heavy atom. The molecule has 1 fully saturated rings. The number of nitrogens with zero attached hydrogens (tertiary/aromatic N) is 4. The molecule has 1 aliphatic rings. The summed E-state index contributed by atoms with van der Waals surface area (Å²) < 4.78 is 0. The highest BCUT2D eigenvalue weighted by Crippen LogP contribution is 2.30. The number of hydrogen-bond acceptors (Lipinski definition) is 5. The monoisotopic (exact) mass is 577 g/mol. The number of nitriles is 1. The summed E-state index contributed by atoms with van der Waals surface area (Å²) in [6.07, 6.45) is 2.31. The molecule has 0 saturated carbocycles. The van der Waals surface area contributed by atoms with Crippen LogP contribution in [0.1, 0.15) is 31.4 Å². The van der Waals surface area contributed by atoms with E-state index in [2.05, 4.69) is 40.6 Å². The molecule has 1 unspecified atom stereocenters. The van der Waals surface area contributed by atoms with Crippen LogP contribution in [0.5, 0.6) is 0 Å². The molecule has 0 bridgehead atoms. The molecular formula is C31H33Cl2N5O2. The minimum absolute atomic E-state index is 0.0343. The number of hydrogen-bond donors (Lipinski definition) is 1. The zero-order valence-corrected chi connectivity index (χ0v) is 24.3. The number of halogens is 2. The SMILES string of the molecule is CC(=O)Nc1cccc(-c2ccc(C(CN3CCCC3)N(C)C(=O)CN(CC#N)c3ccc(Cl)c(Cl)c3)cc2)c1. The second-order valence-electron chi connectivity index (χ2n) is 10.0. The maximum atomic E-state index is 13.6. The highest BCUT2D eigenvalue weighted by atomic mass is 35.5. The first-order valence-electron chi connectivity index (χ1n) is 13.3. The maximum Gasteiger partial charge on any atom is 0.242 e. The fourth-order valence-corrected chi connectivity index (χ4v) is 5.29. The first-order valence-corrected chi connectivity index (χ1v) is 14.0. The van der Waals surface area contributed by atoms with E-state index in [1.54, 1.807) is 28.0 Å². The van der Waals surface area contributed by atoms with Gasteiger partial charge in [0.25, 0.3) is 0 Å². The lowest BCUT2D eigenvalue weighted by Gasteiger charge is -2.34.